The molecule has 1 aromatic carbocycles. The van der Waals surface area contributed by atoms with Gasteiger partial charge in [0.25, 0.3) is 0 Å². The number of thiazole rings is 1. The van der Waals surface area contributed by atoms with Crippen LogP contribution in [0.4, 0.5) is 0 Å². The average Bonchev–Trinajstić information content (AvgIpc) is 3.23. The van der Waals surface area contributed by atoms with Crippen molar-refractivity contribution in [2.24, 2.45) is 0 Å². The fraction of sp³-hybridized carbons (Fsp3) is 0.474. The molecule has 2 aromatic heterocycles. The summed E-state index contributed by atoms with van der Waals surface area (Å²) in [6, 6.07) is 7.97. The first kappa shape index (κ1) is 18.7. The van der Waals surface area contributed by atoms with Gasteiger partial charge < -0.3 is 14.9 Å². The van der Waals surface area contributed by atoms with Gasteiger partial charge in [-0.1, -0.05) is 48.1 Å². The number of quaternary nitrogens is 2. The average molecular weight is 408 g/mol. The number of halogens is 1. The second-order valence-corrected chi connectivity index (χ2v) is 8.50. The number of hydrogen-bond donors (Lipinski definition) is 3. The molecule has 1 aliphatic heterocycles. The summed E-state index contributed by atoms with van der Waals surface area (Å²) in [4.78, 5) is 9.26. The van der Waals surface area contributed by atoms with Crippen LogP contribution < -0.4 is 9.80 Å². The predicted octanol–water partition coefficient (Wildman–Crippen LogP) is 0.605. The van der Waals surface area contributed by atoms with E-state index in [1.807, 2.05) is 25.1 Å². The van der Waals surface area contributed by atoms with Crippen LogP contribution in [0.15, 0.2) is 24.3 Å². The van der Waals surface area contributed by atoms with Crippen molar-refractivity contribution in [1.29, 1.82) is 0 Å². The van der Waals surface area contributed by atoms with E-state index in [1.54, 1.807) is 9.42 Å². The van der Waals surface area contributed by atoms with Gasteiger partial charge >= 0.3 is 0 Å². The minimum absolute atomic E-state index is 0.00400. The van der Waals surface area contributed by atoms with Crippen molar-refractivity contribution in [3.05, 3.63) is 45.6 Å². The molecule has 0 spiro atoms. The van der Waals surface area contributed by atoms with Gasteiger partial charge in [0.05, 0.1) is 11.6 Å². The van der Waals surface area contributed by atoms with Crippen molar-refractivity contribution in [2.45, 2.75) is 26.3 Å². The van der Waals surface area contributed by atoms with Crippen molar-refractivity contribution in [3.63, 3.8) is 0 Å². The van der Waals surface area contributed by atoms with Gasteiger partial charge in [-0.25, -0.2) is 4.98 Å². The number of hydrogen-bond acceptors (Lipinski definition) is 4. The van der Waals surface area contributed by atoms with E-state index in [0.29, 0.717) is 0 Å². The number of fused-ring (bicyclic) bond motifs is 1. The Morgan fingerprint density at radius 2 is 1.96 bits per heavy atom. The molecule has 0 aliphatic carbocycles. The molecule has 0 bridgehead atoms. The molecule has 1 aliphatic rings. The van der Waals surface area contributed by atoms with Crippen molar-refractivity contribution in [1.82, 2.24) is 14.6 Å². The highest BCUT2D eigenvalue weighted by atomic mass is 35.5. The lowest BCUT2D eigenvalue weighted by Gasteiger charge is -2.34. The van der Waals surface area contributed by atoms with Gasteiger partial charge in [-0.05, 0) is 13.0 Å². The molecular weight excluding hydrogens is 382 g/mol. The van der Waals surface area contributed by atoms with Crippen LogP contribution in [0.1, 0.15) is 36.2 Å². The fourth-order valence-corrected chi connectivity index (χ4v) is 5.35. The van der Waals surface area contributed by atoms with E-state index in [-0.39, 0.29) is 11.9 Å². The molecule has 0 amide bonds. The molecule has 3 N–H and O–H groups in total. The van der Waals surface area contributed by atoms with Crippen LogP contribution in [0.5, 0.6) is 5.88 Å². The van der Waals surface area contributed by atoms with Crippen LogP contribution in [-0.4, -0.2) is 52.4 Å². The van der Waals surface area contributed by atoms with Crippen LogP contribution in [0.2, 0.25) is 5.02 Å². The van der Waals surface area contributed by atoms with Crippen molar-refractivity contribution < 1.29 is 14.9 Å². The first-order chi connectivity index (χ1) is 13.1. The van der Waals surface area contributed by atoms with Gasteiger partial charge in [-0.15, -0.1) is 5.10 Å². The summed E-state index contributed by atoms with van der Waals surface area (Å²) >= 11 is 8.11. The summed E-state index contributed by atoms with van der Waals surface area (Å²) < 4.78 is 1.58. The lowest BCUT2D eigenvalue weighted by molar-refractivity contribution is -1.02. The van der Waals surface area contributed by atoms with E-state index >= 15 is 0 Å². The Morgan fingerprint density at radius 1 is 1.22 bits per heavy atom. The molecule has 0 unspecified atom stereocenters. The van der Waals surface area contributed by atoms with Gasteiger partial charge in [0, 0.05) is 12.0 Å². The lowest BCUT2D eigenvalue weighted by Crippen LogP contribution is -3.28. The summed E-state index contributed by atoms with van der Waals surface area (Å²) in [7, 11) is 0. The number of aromatic hydroxyl groups is 1. The summed E-state index contributed by atoms with van der Waals surface area (Å²) in [6.45, 7) is 9.78. The summed E-state index contributed by atoms with van der Waals surface area (Å²) in [5.74, 6) is 0.954. The Labute approximate surface area is 168 Å². The second-order valence-electron chi connectivity index (χ2n) is 7.08. The van der Waals surface area contributed by atoms with Gasteiger partial charge in [-0.2, -0.15) is 4.52 Å². The number of nitrogens with one attached hydrogen (secondary N) is 2. The first-order valence-electron chi connectivity index (χ1n) is 9.62. The Bertz CT molecular complexity index is 931. The molecule has 8 heteroatoms. The highest BCUT2D eigenvalue weighted by Crippen LogP contribution is 2.37. The number of aromatic nitrogens is 3. The lowest BCUT2D eigenvalue weighted by atomic mass is 10.0. The molecule has 144 valence electrons. The fourth-order valence-electron chi connectivity index (χ4n) is 3.95. The molecule has 1 atom stereocenters. The summed E-state index contributed by atoms with van der Waals surface area (Å²) in [5, 5.41) is 16.1. The maximum Gasteiger partial charge on any atom is 0.235 e. The Morgan fingerprint density at radius 3 is 2.59 bits per heavy atom. The number of benzene rings is 1. The Balaban J connectivity index is 1.77. The van der Waals surface area contributed by atoms with Gasteiger partial charge in [0.1, 0.15) is 31.1 Å². The van der Waals surface area contributed by atoms with Crippen LogP contribution in [0.25, 0.3) is 4.96 Å². The molecule has 4 rings (SSSR count). The minimum Gasteiger partial charge on any atom is -0.492 e. The molecule has 3 aromatic rings. The second kappa shape index (κ2) is 7.75. The maximum absolute atomic E-state index is 11.0. The minimum atomic E-state index is -0.00400. The summed E-state index contributed by atoms with van der Waals surface area (Å²) in [6.07, 6.45) is 0.754. The maximum atomic E-state index is 11.0. The van der Waals surface area contributed by atoms with Crippen LogP contribution in [-0.2, 0) is 6.42 Å². The normalized spacial score (nSPS) is 21.6. The Hall–Kier alpha value is -1.67. The zero-order valence-electron chi connectivity index (χ0n) is 15.7. The third-order valence-electron chi connectivity index (χ3n) is 5.55. The zero-order valence-corrected chi connectivity index (χ0v) is 17.3. The van der Waals surface area contributed by atoms with Gasteiger partial charge in [0.15, 0.2) is 11.9 Å². The molecule has 27 heavy (non-hydrogen) atoms. The number of likely N-dealkylation sites (N-methyl/N-ethyl adjacent to an activating group) is 1. The van der Waals surface area contributed by atoms with Crippen molar-refractivity contribution in [3.8, 4) is 5.88 Å². The number of rotatable bonds is 5. The zero-order chi connectivity index (χ0) is 19.0. The van der Waals surface area contributed by atoms with E-state index in [0.717, 1.165) is 65.4 Å². The molecular formula is C19H26ClN5OS+2. The van der Waals surface area contributed by atoms with E-state index in [9.17, 15) is 5.11 Å². The number of piperazine rings is 1. The quantitative estimate of drug-likeness (QED) is 0.580. The van der Waals surface area contributed by atoms with E-state index in [1.165, 1.54) is 16.2 Å². The Kier molecular flexibility index (Phi) is 5.36. The third kappa shape index (κ3) is 3.45. The van der Waals surface area contributed by atoms with E-state index in [4.69, 9.17) is 11.6 Å². The monoisotopic (exact) mass is 407 g/mol. The summed E-state index contributed by atoms with van der Waals surface area (Å²) in [5.41, 5.74) is 1.06. The smallest absolute Gasteiger partial charge is 0.235 e. The molecule has 1 fully saturated rings. The molecule has 1 saturated heterocycles. The molecule has 0 radical (unpaired) electrons. The predicted molar refractivity (Wildman–Crippen MR) is 107 cm³/mol. The van der Waals surface area contributed by atoms with Crippen LogP contribution in [0, 0.1) is 0 Å². The number of aryl methyl sites for hydroxylation is 1. The molecule has 6 nitrogen and oxygen atoms in total. The van der Waals surface area contributed by atoms with Crippen LogP contribution >= 0.6 is 22.9 Å². The first-order valence-corrected chi connectivity index (χ1v) is 10.8. The van der Waals surface area contributed by atoms with E-state index in [2.05, 4.69) is 23.1 Å². The topological polar surface area (TPSA) is 59.3 Å². The SMILES string of the molecule is CCc1nc2sc([C@H](c3ccccc3Cl)[NH+]3CC[NH+](CC)CC3)c(O)n2n1. The van der Waals surface area contributed by atoms with Gasteiger partial charge in [0.2, 0.25) is 10.8 Å². The highest BCUT2D eigenvalue weighted by Gasteiger charge is 2.36. The van der Waals surface area contributed by atoms with Gasteiger partial charge in [-0.3, -0.25) is 0 Å². The van der Waals surface area contributed by atoms with Crippen molar-refractivity contribution >= 4 is 27.9 Å². The largest absolute Gasteiger partial charge is 0.492 e. The molecule has 3 heterocycles. The third-order valence-corrected chi connectivity index (χ3v) is 6.97. The van der Waals surface area contributed by atoms with E-state index < -0.39 is 0 Å². The number of nitrogens with zero attached hydrogens (tertiary/aromatic N) is 3. The molecule has 0 saturated carbocycles. The van der Waals surface area contributed by atoms with Crippen molar-refractivity contribution in [2.75, 3.05) is 32.7 Å². The van der Waals surface area contributed by atoms with Crippen LogP contribution in [0.3, 0.4) is 0 Å². The standard InChI is InChI=1S/C19H24ClN5OS/c1-3-15-21-19-25(22-15)18(26)17(27-19)16(13-7-5-6-8-14(13)20)24-11-9-23(4-2)10-12-24/h5-8,16,26H,3-4,9-12H2,1-2H3/p+2/t16-/m0/s1. The highest BCUT2D eigenvalue weighted by molar-refractivity contribution is 7.17.